The van der Waals surface area contributed by atoms with Gasteiger partial charge in [-0.15, -0.1) is 0 Å². The Bertz CT molecular complexity index is 621. The molecule has 4 heteroatoms. The van der Waals surface area contributed by atoms with Gasteiger partial charge in [-0.3, -0.25) is 4.79 Å². The zero-order chi connectivity index (χ0) is 15.2. The Morgan fingerprint density at radius 1 is 1.19 bits per heavy atom. The highest BCUT2D eigenvalue weighted by Crippen LogP contribution is 2.20. The smallest absolute Gasteiger partial charge is 0.262 e. The first-order valence-electron chi connectivity index (χ1n) is 6.96. The zero-order valence-electron chi connectivity index (χ0n) is 12.3. The molecule has 0 aromatic heterocycles. The molecule has 0 aliphatic carbocycles. The van der Waals surface area contributed by atoms with E-state index in [9.17, 15) is 4.79 Å². The fourth-order valence-electron chi connectivity index (χ4n) is 2.00. The Morgan fingerprint density at radius 3 is 2.52 bits per heavy atom. The number of nitrogens with one attached hydrogen (secondary N) is 1. The molecular weight excluding hydrogens is 264 g/mol. The molecule has 0 atom stereocenters. The lowest BCUT2D eigenvalue weighted by atomic mass is 10.1. The van der Waals surface area contributed by atoms with E-state index in [0.29, 0.717) is 11.4 Å². The molecule has 0 bridgehead atoms. The van der Waals surface area contributed by atoms with Crippen LogP contribution in [0.4, 0.5) is 11.4 Å². The van der Waals surface area contributed by atoms with Crippen molar-refractivity contribution < 1.29 is 9.53 Å². The summed E-state index contributed by atoms with van der Waals surface area (Å²) in [4.78, 5) is 11.9. The van der Waals surface area contributed by atoms with Crippen LogP contribution in [0.5, 0.6) is 5.75 Å². The lowest BCUT2D eigenvalue weighted by Gasteiger charge is -2.10. The molecule has 3 N–H and O–H groups in total. The number of carbonyl (C=O) groups excluding carboxylic acids is 1. The van der Waals surface area contributed by atoms with Crippen molar-refractivity contribution in [2.75, 3.05) is 17.7 Å². The predicted molar refractivity (Wildman–Crippen MR) is 85.5 cm³/mol. The highest BCUT2D eigenvalue weighted by molar-refractivity contribution is 5.91. The second-order valence-corrected chi connectivity index (χ2v) is 4.91. The summed E-state index contributed by atoms with van der Waals surface area (Å²) in [5.41, 5.74) is 9.28. The van der Waals surface area contributed by atoms with Crippen LogP contribution in [0.15, 0.2) is 42.5 Å². The van der Waals surface area contributed by atoms with E-state index in [-0.39, 0.29) is 12.5 Å². The van der Waals surface area contributed by atoms with Crippen molar-refractivity contribution in [1.82, 2.24) is 0 Å². The van der Waals surface area contributed by atoms with Crippen LogP contribution in [0.1, 0.15) is 18.1 Å². The number of ether oxygens (including phenoxy) is 1. The van der Waals surface area contributed by atoms with Crippen molar-refractivity contribution in [2.24, 2.45) is 0 Å². The van der Waals surface area contributed by atoms with Crippen molar-refractivity contribution in [3.05, 3.63) is 53.6 Å². The second-order valence-electron chi connectivity index (χ2n) is 4.91. The number of benzene rings is 2. The SMILES string of the molecule is CCc1ccc(NC(=O)COc2ccc(N)cc2C)cc1. The van der Waals surface area contributed by atoms with Crippen LogP contribution in [0.25, 0.3) is 0 Å². The van der Waals surface area contributed by atoms with Crippen LogP contribution < -0.4 is 15.8 Å². The van der Waals surface area contributed by atoms with Gasteiger partial charge in [0, 0.05) is 11.4 Å². The Labute approximate surface area is 124 Å². The van der Waals surface area contributed by atoms with E-state index in [0.717, 1.165) is 17.7 Å². The van der Waals surface area contributed by atoms with E-state index in [2.05, 4.69) is 12.2 Å². The summed E-state index contributed by atoms with van der Waals surface area (Å²) >= 11 is 0. The molecule has 2 aromatic rings. The maximum absolute atomic E-state index is 11.9. The maximum atomic E-state index is 11.9. The quantitative estimate of drug-likeness (QED) is 0.829. The number of rotatable bonds is 5. The maximum Gasteiger partial charge on any atom is 0.262 e. The van der Waals surface area contributed by atoms with E-state index in [1.54, 1.807) is 12.1 Å². The van der Waals surface area contributed by atoms with E-state index in [1.165, 1.54) is 5.56 Å². The molecular formula is C17H20N2O2. The third kappa shape index (κ3) is 4.24. The van der Waals surface area contributed by atoms with E-state index in [1.807, 2.05) is 37.3 Å². The Kier molecular flexibility index (Phi) is 4.82. The molecule has 2 aromatic carbocycles. The van der Waals surface area contributed by atoms with Crippen LogP contribution in [0.3, 0.4) is 0 Å². The number of anilines is 2. The number of hydrogen-bond acceptors (Lipinski definition) is 3. The van der Waals surface area contributed by atoms with Crippen molar-refractivity contribution in [1.29, 1.82) is 0 Å². The average molecular weight is 284 g/mol. The third-order valence-corrected chi connectivity index (χ3v) is 3.20. The van der Waals surface area contributed by atoms with Gasteiger partial charge in [-0.25, -0.2) is 0 Å². The van der Waals surface area contributed by atoms with Crippen LogP contribution in [0.2, 0.25) is 0 Å². The fraction of sp³-hybridized carbons (Fsp3) is 0.235. The van der Waals surface area contributed by atoms with Gasteiger partial charge < -0.3 is 15.8 Å². The van der Waals surface area contributed by atoms with Gasteiger partial charge in [0.1, 0.15) is 5.75 Å². The number of amides is 1. The fourth-order valence-corrected chi connectivity index (χ4v) is 2.00. The summed E-state index contributed by atoms with van der Waals surface area (Å²) in [7, 11) is 0. The molecule has 0 aliphatic rings. The van der Waals surface area contributed by atoms with Crippen LogP contribution in [0, 0.1) is 6.92 Å². The first kappa shape index (κ1) is 14.9. The van der Waals surface area contributed by atoms with Gasteiger partial charge >= 0.3 is 0 Å². The Balaban J connectivity index is 1.89. The molecule has 0 radical (unpaired) electrons. The molecule has 0 fully saturated rings. The average Bonchev–Trinajstić information content (AvgIpc) is 2.47. The summed E-state index contributed by atoms with van der Waals surface area (Å²) < 4.78 is 5.50. The lowest BCUT2D eigenvalue weighted by molar-refractivity contribution is -0.118. The molecule has 4 nitrogen and oxygen atoms in total. The minimum absolute atomic E-state index is 0.0275. The molecule has 110 valence electrons. The topological polar surface area (TPSA) is 64.3 Å². The number of nitrogen functional groups attached to an aromatic ring is 1. The number of nitrogens with two attached hydrogens (primary N) is 1. The van der Waals surface area contributed by atoms with Gasteiger partial charge in [0.2, 0.25) is 0 Å². The predicted octanol–water partition coefficient (Wildman–Crippen LogP) is 3.16. The van der Waals surface area contributed by atoms with Crippen LogP contribution >= 0.6 is 0 Å². The standard InChI is InChI=1S/C17H20N2O2/c1-3-13-4-7-15(8-5-13)19-17(20)11-21-16-9-6-14(18)10-12(16)2/h4-10H,3,11,18H2,1-2H3,(H,19,20). The molecule has 0 spiro atoms. The van der Waals surface area contributed by atoms with E-state index < -0.39 is 0 Å². The van der Waals surface area contributed by atoms with Crippen molar-refractivity contribution >= 4 is 17.3 Å². The molecule has 0 saturated heterocycles. The molecule has 0 heterocycles. The first-order chi connectivity index (χ1) is 10.1. The largest absolute Gasteiger partial charge is 0.483 e. The van der Waals surface area contributed by atoms with E-state index in [4.69, 9.17) is 10.5 Å². The van der Waals surface area contributed by atoms with Gasteiger partial charge in [-0.1, -0.05) is 19.1 Å². The van der Waals surface area contributed by atoms with Crippen molar-refractivity contribution in [3.8, 4) is 5.75 Å². The van der Waals surface area contributed by atoms with Crippen molar-refractivity contribution in [3.63, 3.8) is 0 Å². The second kappa shape index (κ2) is 6.79. The van der Waals surface area contributed by atoms with Crippen LogP contribution in [-0.4, -0.2) is 12.5 Å². The van der Waals surface area contributed by atoms with Gasteiger partial charge in [0.25, 0.3) is 5.91 Å². The molecule has 2 rings (SSSR count). The monoisotopic (exact) mass is 284 g/mol. The minimum atomic E-state index is -0.185. The third-order valence-electron chi connectivity index (χ3n) is 3.20. The van der Waals surface area contributed by atoms with Crippen LogP contribution in [-0.2, 0) is 11.2 Å². The number of carbonyl (C=O) groups is 1. The highest BCUT2D eigenvalue weighted by Gasteiger charge is 2.05. The summed E-state index contributed by atoms with van der Waals surface area (Å²) in [5.74, 6) is 0.483. The van der Waals surface area contributed by atoms with Gasteiger partial charge in [-0.05, 0) is 54.8 Å². The molecule has 1 amide bonds. The summed E-state index contributed by atoms with van der Waals surface area (Å²) in [6, 6.07) is 13.1. The summed E-state index contributed by atoms with van der Waals surface area (Å²) in [5, 5.41) is 2.81. The van der Waals surface area contributed by atoms with Gasteiger partial charge in [0.15, 0.2) is 6.61 Å². The van der Waals surface area contributed by atoms with E-state index >= 15 is 0 Å². The summed E-state index contributed by atoms with van der Waals surface area (Å²) in [6.07, 6.45) is 0.980. The highest BCUT2D eigenvalue weighted by atomic mass is 16.5. The minimum Gasteiger partial charge on any atom is -0.483 e. The van der Waals surface area contributed by atoms with Gasteiger partial charge in [0.05, 0.1) is 0 Å². The van der Waals surface area contributed by atoms with Crippen molar-refractivity contribution in [2.45, 2.75) is 20.3 Å². The zero-order valence-corrected chi connectivity index (χ0v) is 12.3. The summed E-state index contributed by atoms with van der Waals surface area (Å²) in [6.45, 7) is 3.96. The molecule has 0 saturated carbocycles. The van der Waals surface area contributed by atoms with Gasteiger partial charge in [-0.2, -0.15) is 0 Å². The molecule has 21 heavy (non-hydrogen) atoms. The molecule has 0 unspecified atom stereocenters. The number of aryl methyl sites for hydroxylation is 2. The normalized spacial score (nSPS) is 10.2. The molecule has 0 aliphatic heterocycles. The Morgan fingerprint density at radius 2 is 1.90 bits per heavy atom. The Hall–Kier alpha value is -2.49. The first-order valence-corrected chi connectivity index (χ1v) is 6.96. The lowest BCUT2D eigenvalue weighted by Crippen LogP contribution is -2.20. The number of hydrogen-bond donors (Lipinski definition) is 2.